The molecule has 17 heavy (non-hydrogen) atoms. The Kier molecular flexibility index (Phi) is 3.98. The quantitative estimate of drug-likeness (QED) is 0.737. The van der Waals surface area contributed by atoms with Crippen molar-refractivity contribution in [3.8, 4) is 0 Å². The first-order valence-electron chi connectivity index (χ1n) is 6.27. The molecule has 2 saturated heterocycles. The van der Waals surface area contributed by atoms with Crippen molar-refractivity contribution in [2.24, 2.45) is 0 Å². The van der Waals surface area contributed by atoms with Crippen molar-refractivity contribution in [1.82, 2.24) is 9.34 Å². The van der Waals surface area contributed by atoms with Gasteiger partial charge in [0.05, 0.1) is 0 Å². The van der Waals surface area contributed by atoms with E-state index in [1.807, 2.05) is 0 Å². The molecule has 0 N–H and O–H groups in total. The first kappa shape index (κ1) is 13.5. The van der Waals surface area contributed by atoms with E-state index >= 15 is 0 Å². The van der Waals surface area contributed by atoms with Crippen LogP contribution >= 0.6 is 6.65 Å². The van der Waals surface area contributed by atoms with Gasteiger partial charge < -0.3 is 0 Å². The smallest absolute Gasteiger partial charge is 0.271 e. The van der Waals surface area contributed by atoms with E-state index in [4.69, 9.17) is 0 Å². The van der Waals surface area contributed by atoms with Gasteiger partial charge in [0.1, 0.15) is 0 Å². The van der Waals surface area contributed by atoms with Crippen molar-refractivity contribution >= 4 is 16.1 Å². The lowest BCUT2D eigenvalue weighted by molar-refractivity contribution is 0.320. The van der Waals surface area contributed by atoms with E-state index in [0.717, 1.165) is 38.4 Å². The number of piperidine rings is 1. The average molecular weight is 280 g/mol. The Labute approximate surface area is 103 Å². The zero-order chi connectivity index (χ0) is 12.5. The van der Waals surface area contributed by atoms with Gasteiger partial charge >= 0.3 is 6.65 Å². The molecule has 2 aliphatic rings. The monoisotopic (exact) mass is 280 g/mol. The maximum Gasteiger partial charge on any atom is 0.327 e. The minimum Gasteiger partial charge on any atom is -0.271 e. The van der Waals surface area contributed by atoms with Crippen molar-refractivity contribution in [2.45, 2.75) is 32.1 Å². The Morgan fingerprint density at radius 2 is 1.18 bits per heavy atom. The number of hydrogen-bond donors (Lipinski definition) is 0. The lowest BCUT2D eigenvalue weighted by Crippen LogP contribution is -2.37. The van der Waals surface area contributed by atoms with Gasteiger partial charge in [0.2, 0.25) is 9.46 Å². The molecule has 0 aromatic rings. The summed E-state index contributed by atoms with van der Waals surface area (Å²) in [5, 5.41) is 0. The molecule has 7 heteroatoms. The van der Waals surface area contributed by atoms with Crippen LogP contribution in [0.1, 0.15) is 32.1 Å². The van der Waals surface area contributed by atoms with E-state index in [2.05, 4.69) is 0 Å². The van der Waals surface area contributed by atoms with E-state index < -0.39 is 16.1 Å². The van der Waals surface area contributed by atoms with Crippen LogP contribution < -0.4 is 0 Å². The molecule has 0 bridgehead atoms. The minimum absolute atomic E-state index is 0.654. The van der Waals surface area contributed by atoms with E-state index in [0.29, 0.717) is 26.2 Å². The van der Waals surface area contributed by atoms with Crippen LogP contribution in [0.4, 0.5) is 0 Å². The van der Waals surface area contributed by atoms with Crippen LogP contribution in [0.25, 0.3) is 0 Å². The van der Waals surface area contributed by atoms with E-state index in [9.17, 15) is 13.0 Å². The third kappa shape index (κ3) is 2.46. The summed E-state index contributed by atoms with van der Waals surface area (Å²) >= 11 is 0. The predicted octanol–water partition coefficient (Wildman–Crippen LogP) is 1.72. The lowest BCUT2D eigenvalue weighted by atomic mass is 10.2. The highest BCUT2D eigenvalue weighted by Gasteiger charge is 2.47. The number of rotatable bonds is 3. The third-order valence-corrected chi connectivity index (χ3v) is 10.6. The van der Waals surface area contributed by atoms with Crippen LogP contribution in [0.15, 0.2) is 0 Å². The van der Waals surface area contributed by atoms with Crippen molar-refractivity contribution in [3.05, 3.63) is 0 Å². The summed E-state index contributed by atoms with van der Waals surface area (Å²) in [7, 11) is -3.54. The second-order valence-electron chi connectivity index (χ2n) is 4.90. The van der Waals surface area contributed by atoms with Gasteiger partial charge in [-0.25, -0.2) is 17.8 Å². The summed E-state index contributed by atoms with van der Waals surface area (Å²) in [5.41, 5.74) is 0. The fraction of sp³-hybridized carbons (Fsp3) is 1.00. The van der Waals surface area contributed by atoms with E-state index in [1.165, 1.54) is 0 Å². The second-order valence-corrected chi connectivity index (χ2v) is 11.9. The Morgan fingerprint density at radius 3 is 1.53 bits per heavy atom. The first-order valence-corrected chi connectivity index (χ1v) is 10.4. The van der Waals surface area contributed by atoms with Crippen LogP contribution in [0.3, 0.4) is 0 Å². The average Bonchev–Trinajstić information content (AvgIpc) is 2.81. The molecule has 2 heterocycles. The fourth-order valence-electron chi connectivity index (χ4n) is 2.68. The van der Waals surface area contributed by atoms with Crippen LogP contribution in [0, 0.1) is 0 Å². The van der Waals surface area contributed by atoms with Gasteiger partial charge in [-0.2, -0.15) is 0 Å². The molecule has 1 atom stereocenters. The molecule has 0 aromatic heterocycles. The predicted molar refractivity (Wildman–Crippen MR) is 68.7 cm³/mol. The molecule has 0 amide bonds. The normalized spacial score (nSPS) is 28.1. The van der Waals surface area contributed by atoms with Gasteiger partial charge in [-0.05, 0) is 25.7 Å². The number of nitrogens with zero attached hydrogens (tertiary/aromatic N) is 2. The maximum absolute atomic E-state index is 13.1. The van der Waals surface area contributed by atoms with Crippen molar-refractivity contribution in [2.75, 3.05) is 32.4 Å². The Bertz CT molecular complexity index is 411. The molecule has 2 aliphatic heterocycles. The molecule has 0 saturated carbocycles. The molecule has 5 nitrogen and oxygen atoms in total. The van der Waals surface area contributed by atoms with Gasteiger partial charge in [-0.3, -0.25) is 4.57 Å². The Hall–Kier alpha value is 0.1000. The molecule has 100 valence electrons. The van der Waals surface area contributed by atoms with Crippen molar-refractivity contribution in [1.29, 1.82) is 0 Å². The first-order chi connectivity index (χ1) is 7.96. The molecule has 0 aromatic carbocycles. The Balaban J connectivity index is 2.32. The van der Waals surface area contributed by atoms with Gasteiger partial charge in [-0.15, -0.1) is 0 Å². The lowest BCUT2D eigenvalue weighted by Gasteiger charge is -2.37. The van der Waals surface area contributed by atoms with Gasteiger partial charge in [0.15, 0.2) is 0 Å². The summed E-state index contributed by atoms with van der Waals surface area (Å²) in [6.45, 7) is -0.773. The van der Waals surface area contributed by atoms with E-state index in [-0.39, 0.29) is 0 Å². The van der Waals surface area contributed by atoms with Crippen LogP contribution in [-0.2, 0) is 14.0 Å². The fourth-order valence-corrected chi connectivity index (χ4v) is 8.95. The van der Waals surface area contributed by atoms with E-state index in [1.54, 1.807) is 9.34 Å². The molecular formula is C10H21N2O3PS. The molecular weight excluding hydrogens is 259 g/mol. The molecule has 2 rings (SSSR count). The summed E-state index contributed by atoms with van der Waals surface area (Å²) in [6.07, 6.45) is 6.04. The molecule has 2 fully saturated rings. The van der Waals surface area contributed by atoms with Crippen LogP contribution in [-0.4, -0.2) is 50.2 Å². The SMILES string of the molecule is CS(=O)(=O)P(=O)(N1CCCCC1)N1CCCC1. The maximum atomic E-state index is 13.1. The third-order valence-electron chi connectivity index (χ3n) is 3.56. The topological polar surface area (TPSA) is 57.7 Å². The largest absolute Gasteiger partial charge is 0.327 e. The number of hydrogen-bond acceptors (Lipinski definition) is 3. The second kappa shape index (κ2) is 5.00. The highest BCUT2D eigenvalue weighted by atomic mass is 32.8. The highest BCUT2D eigenvalue weighted by Crippen LogP contribution is 2.60. The summed E-state index contributed by atoms with van der Waals surface area (Å²) in [5.74, 6) is 0. The minimum atomic E-state index is -3.54. The van der Waals surface area contributed by atoms with Crippen LogP contribution in [0.5, 0.6) is 0 Å². The molecule has 1 unspecified atom stereocenters. The molecule has 0 spiro atoms. The summed E-state index contributed by atoms with van der Waals surface area (Å²) < 4.78 is 40.5. The Morgan fingerprint density at radius 1 is 0.824 bits per heavy atom. The zero-order valence-corrected chi connectivity index (χ0v) is 12.0. The van der Waals surface area contributed by atoms with Gasteiger partial charge in [0.25, 0.3) is 0 Å². The van der Waals surface area contributed by atoms with Gasteiger partial charge in [-0.1, -0.05) is 6.42 Å². The zero-order valence-electron chi connectivity index (χ0n) is 10.3. The summed E-state index contributed by atoms with van der Waals surface area (Å²) in [4.78, 5) is 0. The molecule has 0 aliphatic carbocycles. The van der Waals surface area contributed by atoms with Crippen molar-refractivity contribution < 1.29 is 13.0 Å². The van der Waals surface area contributed by atoms with Gasteiger partial charge in [0, 0.05) is 32.4 Å². The highest BCUT2D eigenvalue weighted by molar-refractivity contribution is 8.50. The van der Waals surface area contributed by atoms with Crippen molar-refractivity contribution in [3.63, 3.8) is 0 Å². The van der Waals surface area contributed by atoms with Crippen LogP contribution in [0.2, 0.25) is 0 Å². The standard InChI is InChI=1S/C10H21N2O3PS/c1-17(14,15)16(13,12-9-5-6-10-12)11-7-3-2-4-8-11/h2-10H2,1H3. The summed E-state index contributed by atoms with van der Waals surface area (Å²) in [6, 6.07) is 0. The molecule has 0 radical (unpaired) electrons.